The first kappa shape index (κ1) is 17.7. The van der Waals surface area contributed by atoms with Crippen molar-refractivity contribution >= 4 is 11.7 Å². The topological polar surface area (TPSA) is 97.7 Å². The van der Waals surface area contributed by atoms with Gasteiger partial charge in [0.15, 0.2) is 5.66 Å². The van der Waals surface area contributed by atoms with Crippen molar-refractivity contribution < 1.29 is 4.79 Å². The van der Waals surface area contributed by atoms with E-state index in [0.717, 1.165) is 12.0 Å². The Labute approximate surface area is 152 Å². The second-order valence-corrected chi connectivity index (χ2v) is 6.38. The highest BCUT2D eigenvalue weighted by molar-refractivity contribution is 5.99. The first-order chi connectivity index (χ1) is 12.5. The molecule has 1 aromatic heterocycles. The van der Waals surface area contributed by atoms with Gasteiger partial charge in [0.25, 0.3) is 5.91 Å². The molecule has 3 rings (SSSR count). The summed E-state index contributed by atoms with van der Waals surface area (Å²) in [7, 11) is 0. The molecule has 2 aromatic rings. The number of anilines is 1. The lowest BCUT2D eigenvalue weighted by Crippen LogP contribution is -2.29. The van der Waals surface area contributed by atoms with Crippen LogP contribution in [0, 0.1) is 19.3 Å². The van der Waals surface area contributed by atoms with Gasteiger partial charge in [-0.3, -0.25) is 4.79 Å². The van der Waals surface area contributed by atoms with Crippen molar-refractivity contribution in [1.29, 1.82) is 0 Å². The van der Waals surface area contributed by atoms with Crippen LogP contribution in [-0.2, 0) is 6.54 Å². The van der Waals surface area contributed by atoms with Crippen LogP contribution in [0.2, 0.25) is 0 Å². The predicted octanol–water partition coefficient (Wildman–Crippen LogP) is 2.52. The van der Waals surface area contributed by atoms with Crippen molar-refractivity contribution in [3.63, 3.8) is 0 Å². The molecule has 0 fully saturated rings. The molecule has 134 valence electrons. The minimum atomic E-state index is -0.405. The summed E-state index contributed by atoms with van der Waals surface area (Å²) < 4.78 is 1.65. The minimum Gasteiger partial charge on any atom is -0.383 e. The number of aromatic nitrogens is 2. The Morgan fingerprint density at radius 3 is 2.69 bits per heavy atom. The van der Waals surface area contributed by atoms with Crippen molar-refractivity contribution in [3.8, 4) is 12.3 Å². The summed E-state index contributed by atoms with van der Waals surface area (Å²) in [5.74, 6) is 2.73. The highest BCUT2D eigenvalue weighted by atomic mass is 16.1. The van der Waals surface area contributed by atoms with E-state index in [0.29, 0.717) is 43.0 Å². The standard InChI is InChI=1S/C19H22N6O/c1-3-4-10-19(23-24-19)11-12-21-18(26)16-14(2)22-25(17(16)20)13-15-8-6-5-7-9-15/h1,5-9H,4,10-13,20H2,2H3,(H,21,26). The number of nitrogens with one attached hydrogen (secondary N) is 1. The number of nitrogens with two attached hydrogens (primary N) is 1. The summed E-state index contributed by atoms with van der Waals surface area (Å²) in [6.07, 6.45) is 7.26. The van der Waals surface area contributed by atoms with Crippen molar-refractivity contribution in [2.75, 3.05) is 12.3 Å². The van der Waals surface area contributed by atoms with E-state index in [-0.39, 0.29) is 5.91 Å². The van der Waals surface area contributed by atoms with E-state index < -0.39 is 5.66 Å². The summed E-state index contributed by atoms with van der Waals surface area (Å²) in [5, 5.41) is 15.4. The molecule has 1 amide bonds. The monoisotopic (exact) mass is 350 g/mol. The molecule has 0 saturated heterocycles. The Morgan fingerprint density at radius 2 is 2.04 bits per heavy atom. The molecule has 7 nitrogen and oxygen atoms in total. The molecular formula is C19H22N6O. The lowest BCUT2D eigenvalue weighted by atomic mass is 10.0. The molecule has 0 bridgehead atoms. The smallest absolute Gasteiger partial charge is 0.256 e. The largest absolute Gasteiger partial charge is 0.383 e. The summed E-state index contributed by atoms with van der Waals surface area (Å²) in [5.41, 5.74) is 7.86. The Balaban J connectivity index is 1.60. The number of benzene rings is 1. The quantitative estimate of drug-likeness (QED) is 0.716. The second kappa shape index (κ2) is 7.40. The molecule has 0 atom stereocenters. The number of aryl methyl sites for hydroxylation is 1. The van der Waals surface area contributed by atoms with E-state index >= 15 is 0 Å². The molecule has 0 radical (unpaired) electrons. The van der Waals surface area contributed by atoms with Crippen LogP contribution < -0.4 is 11.1 Å². The Bertz CT molecular complexity index is 856. The van der Waals surface area contributed by atoms with Gasteiger partial charge in [-0.25, -0.2) is 4.68 Å². The van der Waals surface area contributed by atoms with E-state index in [1.54, 1.807) is 11.6 Å². The number of nitrogens with zero attached hydrogens (tertiary/aromatic N) is 4. The molecule has 1 aliphatic heterocycles. The number of carbonyl (C=O) groups is 1. The van der Waals surface area contributed by atoms with E-state index in [1.165, 1.54) is 0 Å². The molecule has 3 N–H and O–H groups in total. The third kappa shape index (κ3) is 3.91. The zero-order valence-electron chi connectivity index (χ0n) is 14.8. The molecule has 2 heterocycles. The van der Waals surface area contributed by atoms with E-state index in [4.69, 9.17) is 12.2 Å². The van der Waals surface area contributed by atoms with Crippen molar-refractivity contribution in [3.05, 3.63) is 47.2 Å². The highest BCUT2D eigenvalue weighted by Crippen LogP contribution is 2.36. The fourth-order valence-electron chi connectivity index (χ4n) is 2.89. The zero-order chi connectivity index (χ0) is 18.6. The average Bonchev–Trinajstić information content (AvgIpc) is 3.34. The number of hydrogen-bond acceptors (Lipinski definition) is 5. The molecular weight excluding hydrogens is 328 g/mol. The minimum absolute atomic E-state index is 0.230. The van der Waals surface area contributed by atoms with Crippen LogP contribution in [-0.4, -0.2) is 27.9 Å². The van der Waals surface area contributed by atoms with Gasteiger partial charge < -0.3 is 11.1 Å². The van der Waals surface area contributed by atoms with Crippen LogP contribution in [0.4, 0.5) is 5.82 Å². The number of hydrogen-bond donors (Lipinski definition) is 2. The van der Waals surface area contributed by atoms with Gasteiger partial charge in [0.2, 0.25) is 0 Å². The number of terminal acetylenes is 1. The van der Waals surface area contributed by atoms with Crippen LogP contribution in [0.15, 0.2) is 40.6 Å². The van der Waals surface area contributed by atoms with Gasteiger partial charge >= 0.3 is 0 Å². The third-order valence-electron chi connectivity index (χ3n) is 4.43. The first-order valence-electron chi connectivity index (χ1n) is 8.57. The molecule has 0 unspecified atom stereocenters. The van der Waals surface area contributed by atoms with Gasteiger partial charge in [0.1, 0.15) is 11.4 Å². The maximum atomic E-state index is 12.5. The van der Waals surface area contributed by atoms with Crippen LogP contribution >= 0.6 is 0 Å². The normalized spacial score (nSPS) is 14.0. The average molecular weight is 350 g/mol. The van der Waals surface area contributed by atoms with Gasteiger partial charge in [-0.2, -0.15) is 15.3 Å². The predicted molar refractivity (Wildman–Crippen MR) is 99.5 cm³/mol. The van der Waals surface area contributed by atoms with Crippen LogP contribution in [0.3, 0.4) is 0 Å². The van der Waals surface area contributed by atoms with Crippen molar-refractivity contribution in [2.45, 2.75) is 38.4 Å². The number of rotatable bonds is 8. The molecule has 1 aliphatic rings. The zero-order valence-corrected chi connectivity index (χ0v) is 14.8. The maximum absolute atomic E-state index is 12.5. The molecule has 7 heteroatoms. The highest BCUT2D eigenvalue weighted by Gasteiger charge is 2.38. The van der Waals surface area contributed by atoms with E-state index in [1.807, 2.05) is 30.3 Å². The van der Waals surface area contributed by atoms with E-state index in [9.17, 15) is 4.79 Å². The summed E-state index contributed by atoms with van der Waals surface area (Å²) in [6.45, 7) is 2.76. The Hall–Kier alpha value is -3.14. The molecule has 0 aliphatic carbocycles. The Kier molecular flexibility index (Phi) is 5.03. The van der Waals surface area contributed by atoms with Gasteiger partial charge in [0.05, 0.1) is 12.2 Å². The van der Waals surface area contributed by atoms with E-state index in [2.05, 4.69) is 26.6 Å². The van der Waals surface area contributed by atoms with Crippen LogP contribution in [0.5, 0.6) is 0 Å². The molecule has 0 saturated carbocycles. The SMILES string of the molecule is C#CCCC1(CCNC(=O)c2c(C)nn(Cc3ccccc3)c2N)N=N1. The summed E-state index contributed by atoms with van der Waals surface area (Å²) in [6, 6.07) is 9.86. The fourth-order valence-corrected chi connectivity index (χ4v) is 2.89. The number of carbonyl (C=O) groups excluding carboxylic acids is 1. The third-order valence-corrected chi connectivity index (χ3v) is 4.43. The van der Waals surface area contributed by atoms with Gasteiger partial charge in [0, 0.05) is 25.8 Å². The maximum Gasteiger partial charge on any atom is 0.256 e. The summed E-state index contributed by atoms with van der Waals surface area (Å²) in [4.78, 5) is 12.5. The second-order valence-electron chi connectivity index (χ2n) is 6.38. The fraction of sp³-hybridized carbons (Fsp3) is 0.368. The van der Waals surface area contributed by atoms with Crippen LogP contribution in [0.25, 0.3) is 0 Å². The number of amides is 1. The lowest BCUT2D eigenvalue weighted by Gasteiger charge is -2.10. The summed E-state index contributed by atoms with van der Waals surface area (Å²) >= 11 is 0. The molecule has 26 heavy (non-hydrogen) atoms. The van der Waals surface area contributed by atoms with Crippen molar-refractivity contribution in [2.24, 2.45) is 10.2 Å². The molecule has 1 aromatic carbocycles. The Morgan fingerprint density at radius 1 is 1.31 bits per heavy atom. The van der Waals surface area contributed by atoms with Crippen molar-refractivity contribution in [1.82, 2.24) is 15.1 Å². The lowest BCUT2D eigenvalue weighted by molar-refractivity contribution is 0.0952. The van der Waals surface area contributed by atoms with Gasteiger partial charge in [-0.05, 0) is 12.5 Å². The number of nitrogen functional groups attached to an aromatic ring is 1. The van der Waals surface area contributed by atoms with Gasteiger partial charge in [-0.15, -0.1) is 12.3 Å². The molecule has 0 spiro atoms. The first-order valence-corrected chi connectivity index (χ1v) is 8.57. The van der Waals surface area contributed by atoms with Crippen LogP contribution in [0.1, 0.15) is 40.9 Å². The van der Waals surface area contributed by atoms with Gasteiger partial charge in [-0.1, -0.05) is 30.3 Å².